The molecule has 0 aromatic carbocycles. The monoisotopic (exact) mass is 249 g/mol. The van der Waals surface area contributed by atoms with Crippen LogP contribution in [-0.4, -0.2) is 33.7 Å². The quantitative estimate of drug-likeness (QED) is 0.772. The van der Waals surface area contributed by atoms with E-state index in [9.17, 15) is 14.7 Å². The normalized spacial score (nSPS) is 21.5. The van der Waals surface area contributed by atoms with Crippen LogP contribution in [0.3, 0.4) is 0 Å². The third-order valence-corrected chi connectivity index (χ3v) is 2.57. The smallest absolute Gasteiger partial charge is 0.415 e. The minimum atomic E-state index is -1.07. The third kappa shape index (κ3) is 2.16. The van der Waals surface area contributed by atoms with E-state index in [1.165, 1.54) is 6.20 Å². The van der Waals surface area contributed by atoms with Crippen molar-refractivity contribution >= 4 is 12.1 Å². The molecule has 1 amide bonds. The highest BCUT2D eigenvalue weighted by atomic mass is 16.6. The van der Waals surface area contributed by atoms with Crippen LogP contribution in [0.25, 0.3) is 0 Å². The number of ether oxygens (including phenoxy) is 1. The molecule has 0 saturated heterocycles. The van der Waals surface area contributed by atoms with E-state index >= 15 is 0 Å². The van der Waals surface area contributed by atoms with Gasteiger partial charge < -0.3 is 9.84 Å². The van der Waals surface area contributed by atoms with Gasteiger partial charge in [0.25, 0.3) is 0 Å². The lowest BCUT2D eigenvalue weighted by atomic mass is 10.1. The van der Waals surface area contributed by atoms with Gasteiger partial charge in [0.15, 0.2) is 6.04 Å². The van der Waals surface area contributed by atoms with Crippen molar-refractivity contribution < 1.29 is 19.4 Å². The number of allylic oxidation sites excluding steroid dienone is 3. The van der Waals surface area contributed by atoms with Gasteiger partial charge in [-0.3, -0.25) is 4.90 Å². The average molecular weight is 249 g/mol. The maximum Gasteiger partial charge on any atom is 0.415 e. The van der Waals surface area contributed by atoms with E-state index in [0.717, 1.165) is 10.5 Å². The van der Waals surface area contributed by atoms with Crippen molar-refractivity contribution in [2.45, 2.75) is 32.4 Å². The van der Waals surface area contributed by atoms with E-state index in [1.807, 2.05) is 0 Å². The molecule has 1 N–H and O–H groups in total. The Hall–Kier alpha value is -2.04. The highest BCUT2D eigenvalue weighted by Gasteiger charge is 2.40. The van der Waals surface area contributed by atoms with Gasteiger partial charge in [-0.05, 0) is 31.9 Å². The zero-order valence-corrected chi connectivity index (χ0v) is 10.5. The number of carbonyl (C=O) groups excluding carboxylic acids is 1. The number of carboxylic acids is 1. The molecule has 5 nitrogen and oxygen atoms in total. The molecule has 2 aliphatic rings. The van der Waals surface area contributed by atoms with Gasteiger partial charge in [0.05, 0.1) is 0 Å². The van der Waals surface area contributed by atoms with E-state index in [2.05, 4.69) is 0 Å². The van der Waals surface area contributed by atoms with Crippen molar-refractivity contribution in [2.75, 3.05) is 0 Å². The number of aliphatic carboxylic acids is 1. The van der Waals surface area contributed by atoms with Crippen LogP contribution < -0.4 is 0 Å². The molecule has 1 heterocycles. The maximum absolute atomic E-state index is 12.0. The number of rotatable bonds is 1. The SMILES string of the molecule is CC(C)(C)OC(=O)N1C=C2C=CC=C2C1C(=O)O. The van der Waals surface area contributed by atoms with Crippen LogP contribution in [0, 0.1) is 0 Å². The van der Waals surface area contributed by atoms with Crippen LogP contribution in [0.1, 0.15) is 20.8 Å². The summed E-state index contributed by atoms with van der Waals surface area (Å²) in [5.74, 6) is -1.07. The standard InChI is InChI=1S/C13H15NO4/c1-13(2,3)18-12(17)14-7-8-5-4-6-9(8)10(14)11(15)16/h4-7,10H,1-3H3,(H,15,16). The molecule has 0 bridgehead atoms. The van der Waals surface area contributed by atoms with Gasteiger partial charge in [0.2, 0.25) is 0 Å². The van der Waals surface area contributed by atoms with Gasteiger partial charge in [-0.25, -0.2) is 9.59 Å². The first-order chi connectivity index (χ1) is 8.29. The van der Waals surface area contributed by atoms with Crippen molar-refractivity contribution in [2.24, 2.45) is 0 Å². The van der Waals surface area contributed by atoms with Crippen LogP contribution in [0.2, 0.25) is 0 Å². The molecule has 0 aromatic rings. The Morgan fingerprint density at radius 2 is 2.06 bits per heavy atom. The fourth-order valence-electron chi connectivity index (χ4n) is 1.91. The number of fused-ring (bicyclic) bond motifs is 1. The summed E-state index contributed by atoms with van der Waals surface area (Å²) in [6.45, 7) is 5.22. The molecule has 1 aliphatic heterocycles. The molecule has 5 heteroatoms. The average Bonchev–Trinajstić information content (AvgIpc) is 2.70. The molecule has 18 heavy (non-hydrogen) atoms. The summed E-state index contributed by atoms with van der Waals surface area (Å²) in [4.78, 5) is 24.3. The Kier molecular flexibility index (Phi) is 2.77. The second-order valence-electron chi connectivity index (χ2n) is 5.19. The maximum atomic E-state index is 12.0. The van der Waals surface area contributed by atoms with E-state index in [4.69, 9.17) is 4.74 Å². The highest BCUT2D eigenvalue weighted by Crippen LogP contribution is 2.33. The van der Waals surface area contributed by atoms with Crippen molar-refractivity contribution in [1.82, 2.24) is 4.90 Å². The first-order valence-electron chi connectivity index (χ1n) is 5.64. The molecule has 1 atom stereocenters. The summed E-state index contributed by atoms with van der Waals surface area (Å²) in [7, 11) is 0. The molecule has 0 spiro atoms. The molecular weight excluding hydrogens is 234 g/mol. The Labute approximate surface area is 105 Å². The summed E-state index contributed by atoms with van der Waals surface area (Å²) in [6, 6.07) is -0.996. The zero-order valence-electron chi connectivity index (χ0n) is 10.5. The topological polar surface area (TPSA) is 66.8 Å². The molecule has 0 saturated carbocycles. The number of carbonyl (C=O) groups is 2. The summed E-state index contributed by atoms with van der Waals surface area (Å²) in [6.07, 6.45) is 6.11. The van der Waals surface area contributed by atoms with Gasteiger partial charge in [-0.1, -0.05) is 18.2 Å². The predicted molar refractivity (Wildman–Crippen MR) is 64.8 cm³/mol. The molecule has 0 radical (unpaired) electrons. The Bertz CT molecular complexity index is 494. The fourth-order valence-corrected chi connectivity index (χ4v) is 1.91. The van der Waals surface area contributed by atoms with Crippen molar-refractivity contribution in [3.63, 3.8) is 0 Å². The third-order valence-electron chi connectivity index (χ3n) is 2.57. The summed E-state index contributed by atoms with van der Waals surface area (Å²) < 4.78 is 5.20. The number of hydrogen-bond acceptors (Lipinski definition) is 3. The largest absolute Gasteiger partial charge is 0.479 e. The summed E-state index contributed by atoms with van der Waals surface area (Å²) >= 11 is 0. The predicted octanol–water partition coefficient (Wildman–Crippen LogP) is 2.07. The van der Waals surface area contributed by atoms with Gasteiger partial charge in [-0.15, -0.1) is 0 Å². The van der Waals surface area contributed by atoms with Gasteiger partial charge in [0.1, 0.15) is 5.60 Å². The second kappa shape index (κ2) is 4.01. The zero-order chi connectivity index (χ0) is 13.5. The van der Waals surface area contributed by atoms with Crippen molar-refractivity contribution in [3.05, 3.63) is 35.6 Å². The molecule has 1 unspecified atom stereocenters. The van der Waals surface area contributed by atoms with E-state index < -0.39 is 23.7 Å². The van der Waals surface area contributed by atoms with Crippen LogP contribution >= 0.6 is 0 Å². The summed E-state index contributed by atoms with van der Waals surface area (Å²) in [5, 5.41) is 9.23. The van der Waals surface area contributed by atoms with Crippen LogP contribution in [0.4, 0.5) is 4.79 Å². The van der Waals surface area contributed by atoms with Gasteiger partial charge in [-0.2, -0.15) is 0 Å². The second-order valence-corrected chi connectivity index (χ2v) is 5.19. The molecule has 1 aliphatic carbocycles. The Morgan fingerprint density at radius 1 is 1.39 bits per heavy atom. The van der Waals surface area contributed by atoms with E-state index in [-0.39, 0.29) is 0 Å². The Balaban J connectivity index is 2.25. The minimum Gasteiger partial charge on any atom is -0.479 e. The van der Waals surface area contributed by atoms with Crippen LogP contribution in [0.15, 0.2) is 35.6 Å². The number of hydrogen-bond donors (Lipinski definition) is 1. The van der Waals surface area contributed by atoms with E-state index in [1.54, 1.807) is 39.0 Å². The van der Waals surface area contributed by atoms with Gasteiger partial charge >= 0.3 is 12.1 Å². The lowest BCUT2D eigenvalue weighted by Crippen LogP contribution is -2.42. The molecular formula is C13H15NO4. The van der Waals surface area contributed by atoms with Crippen LogP contribution in [0.5, 0.6) is 0 Å². The number of carboxylic acid groups (broad SMARTS) is 1. The molecule has 0 fully saturated rings. The Morgan fingerprint density at radius 3 is 2.61 bits per heavy atom. The fraction of sp³-hybridized carbons (Fsp3) is 0.385. The highest BCUT2D eigenvalue weighted by molar-refractivity contribution is 5.88. The van der Waals surface area contributed by atoms with Crippen molar-refractivity contribution in [3.8, 4) is 0 Å². The number of nitrogens with zero attached hydrogens (tertiary/aromatic N) is 1. The molecule has 0 aromatic heterocycles. The lowest BCUT2D eigenvalue weighted by molar-refractivity contribution is -0.140. The molecule has 96 valence electrons. The number of amides is 1. The minimum absolute atomic E-state index is 0.619. The van der Waals surface area contributed by atoms with Crippen LogP contribution in [-0.2, 0) is 9.53 Å². The van der Waals surface area contributed by atoms with Crippen molar-refractivity contribution in [1.29, 1.82) is 0 Å². The summed E-state index contributed by atoms with van der Waals surface area (Å²) in [5.41, 5.74) is 0.710. The lowest BCUT2D eigenvalue weighted by Gasteiger charge is -2.26. The molecule has 2 rings (SSSR count). The first kappa shape index (κ1) is 12.4. The van der Waals surface area contributed by atoms with E-state index in [0.29, 0.717) is 5.57 Å². The van der Waals surface area contributed by atoms with Gasteiger partial charge in [0, 0.05) is 6.20 Å². The first-order valence-corrected chi connectivity index (χ1v) is 5.64.